The highest BCUT2D eigenvalue weighted by atomic mass is 35.5. The molecule has 7 heteroatoms. The van der Waals surface area contributed by atoms with Gasteiger partial charge in [-0.1, -0.05) is 30.1 Å². The van der Waals surface area contributed by atoms with Crippen LogP contribution in [0, 0.1) is 0 Å². The summed E-state index contributed by atoms with van der Waals surface area (Å²) in [5, 5.41) is 1.02. The monoisotopic (exact) mass is 380 g/mol. The first-order valence-electron chi connectivity index (χ1n) is 8.30. The minimum absolute atomic E-state index is 0.267. The number of nitrogens with two attached hydrogens (primary N) is 1. The molecule has 1 aliphatic carbocycles. The fraction of sp³-hybridized carbons (Fsp3) is 0.444. The quantitative estimate of drug-likeness (QED) is 0.848. The van der Waals surface area contributed by atoms with Crippen LogP contribution in [-0.4, -0.2) is 42.1 Å². The van der Waals surface area contributed by atoms with Gasteiger partial charge in [-0.3, -0.25) is 0 Å². The molecule has 0 bridgehead atoms. The molecule has 1 unspecified atom stereocenters. The highest BCUT2D eigenvalue weighted by Gasteiger charge is 2.26. The number of hydrogen-bond donors (Lipinski definition) is 1. The normalized spacial score (nSPS) is 16.3. The van der Waals surface area contributed by atoms with Crippen molar-refractivity contribution in [3.05, 3.63) is 33.4 Å². The third kappa shape index (κ3) is 3.84. The largest absolute Gasteiger partial charge is 0.491 e. The Morgan fingerprint density at radius 2 is 2.00 bits per heavy atom. The Kier molecular flexibility index (Phi) is 5.37. The van der Waals surface area contributed by atoms with Crippen LogP contribution in [0.4, 0.5) is 5.95 Å². The molecule has 0 radical (unpaired) electrons. The van der Waals surface area contributed by atoms with Gasteiger partial charge in [-0.15, -0.1) is 0 Å². The summed E-state index contributed by atoms with van der Waals surface area (Å²) in [5.74, 6) is 1.24. The van der Waals surface area contributed by atoms with Gasteiger partial charge in [0, 0.05) is 17.7 Å². The average molecular weight is 381 g/mol. The molecule has 0 aliphatic heterocycles. The van der Waals surface area contributed by atoms with E-state index < -0.39 is 0 Å². The first-order chi connectivity index (χ1) is 11.9. The van der Waals surface area contributed by atoms with Gasteiger partial charge in [-0.05, 0) is 45.0 Å². The molecule has 3 rings (SSSR count). The van der Waals surface area contributed by atoms with Gasteiger partial charge in [0.05, 0.1) is 21.4 Å². The molecule has 0 fully saturated rings. The highest BCUT2D eigenvalue weighted by Crippen LogP contribution is 2.42. The third-order valence-corrected chi connectivity index (χ3v) is 5.03. The van der Waals surface area contributed by atoms with Gasteiger partial charge in [0.25, 0.3) is 0 Å². The van der Waals surface area contributed by atoms with Crippen molar-refractivity contribution in [2.45, 2.75) is 25.7 Å². The van der Waals surface area contributed by atoms with Crippen LogP contribution in [-0.2, 0) is 6.42 Å². The van der Waals surface area contributed by atoms with Gasteiger partial charge < -0.3 is 15.4 Å². The van der Waals surface area contributed by atoms with Crippen molar-refractivity contribution in [1.29, 1.82) is 0 Å². The maximum atomic E-state index is 6.46. The molecule has 134 valence electrons. The van der Waals surface area contributed by atoms with Crippen LogP contribution >= 0.6 is 23.2 Å². The number of fused-ring (bicyclic) bond motifs is 1. The summed E-state index contributed by atoms with van der Waals surface area (Å²) < 4.78 is 5.83. The fourth-order valence-corrected chi connectivity index (χ4v) is 3.58. The van der Waals surface area contributed by atoms with Gasteiger partial charge >= 0.3 is 0 Å². The van der Waals surface area contributed by atoms with Crippen LogP contribution in [0.25, 0.3) is 11.3 Å². The van der Waals surface area contributed by atoms with Crippen LogP contribution in [0.2, 0.25) is 10.0 Å². The summed E-state index contributed by atoms with van der Waals surface area (Å²) in [6, 6.07) is 3.55. The Morgan fingerprint density at radius 1 is 1.24 bits per heavy atom. The predicted octanol–water partition coefficient (Wildman–Crippen LogP) is 4.02. The molecule has 1 aromatic heterocycles. The Bertz CT molecular complexity index is 795. The van der Waals surface area contributed by atoms with Crippen molar-refractivity contribution in [1.82, 2.24) is 14.9 Å². The van der Waals surface area contributed by atoms with Crippen LogP contribution in [0.15, 0.2) is 12.1 Å². The van der Waals surface area contributed by atoms with Crippen molar-refractivity contribution in [2.75, 3.05) is 33.0 Å². The highest BCUT2D eigenvalue weighted by molar-refractivity contribution is 6.37. The summed E-state index contributed by atoms with van der Waals surface area (Å²) >= 11 is 12.8. The van der Waals surface area contributed by atoms with Crippen LogP contribution in [0.3, 0.4) is 0 Å². The van der Waals surface area contributed by atoms with E-state index in [0.29, 0.717) is 28.3 Å². The molecule has 0 saturated carbocycles. The molecular formula is C18H22Cl2N4O. The number of ether oxygens (including phenoxy) is 1. The second-order valence-corrected chi connectivity index (χ2v) is 7.46. The molecule has 1 atom stereocenters. The zero-order valence-electron chi connectivity index (χ0n) is 14.6. The number of aromatic nitrogens is 2. The Hall–Kier alpha value is -1.56. The molecule has 0 spiro atoms. The summed E-state index contributed by atoms with van der Waals surface area (Å²) in [7, 11) is 3.98. The standard InChI is InChI=1S/C18H22Cl2N4O/c1-10-4-5-11-16(10)22-18(21)23-17(11)12-8-15(14(20)9-13(12)19)25-7-6-24(2)3/h8-10H,4-7H2,1-3H3,(H2,21,22,23). The number of nitrogens with zero attached hydrogens (tertiary/aromatic N) is 3. The molecule has 1 aromatic carbocycles. The molecule has 1 heterocycles. The van der Waals surface area contributed by atoms with Crippen molar-refractivity contribution in [2.24, 2.45) is 0 Å². The van der Waals surface area contributed by atoms with E-state index in [2.05, 4.69) is 16.9 Å². The Morgan fingerprint density at radius 3 is 2.72 bits per heavy atom. The number of anilines is 1. The molecule has 5 nitrogen and oxygen atoms in total. The summed E-state index contributed by atoms with van der Waals surface area (Å²) in [6.45, 7) is 3.48. The number of benzene rings is 1. The predicted molar refractivity (Wildman–Crippen MR) is 103 cm³/mol. The molecule has 1 aliphatic rings. The first-order valence-corrected chi connectivity index (χ1v) is 9.05. The molecule has 25 heavy (non-hydrogen) atoms. The minimum Gasteiger partial charge on any atom is -0.491 e. The zero-order chi connectivity index (χ0) is 18.1. The molecule has 2 aromatic rings. The van der Waals surface area contributed by atoms with Crippen molar-refractivity contribution in [3.8, 4) is 17.0 Å². The lowest BCUT2D eigenvalue weighted by atomic mass is 10.0. The van der Waals surface area contributed by atoms with E-state index in [9.17, 15) is 0 Å². The van der Waals surface area contributed by atoms with Gasteiger partial charge in [0.1, 0.15) is 12.4 Å². The zero-order valence-corrected chi connectivity index (χ0v) is 16.2. The Labute approximate surface area is 158 Å². The maximum Gasteiger partial charge on any atom is 0.220 e. The van der Waals surface area contributed by atoms with Crippen molar-refractivity contribution >= 4 is 29.2 Å². The van der Waals surface area contributed by atoms with Gasteiger partial charge in [0.15, 0.2) is 0 Å². The third-order valence-electron chi connectivity index (χ3n) is 4.42. The number of likely N-dealkylation sites (N-methyl/N-ethyl adjacent to an activating group) is 1. The van der Waals surface area contributed by atoms with Crippen molar-refractivity contribution in [3.63, 3.8) is 0 Å². The van der Waals surface area contributed by atoms with Crippen molar-refractivity contribution < 1.29 is 4.74 Å². The summed E-state index contributed by atoms with van der Waals surface area (Å²) in [5.41, 5.74) is 9.63. The van der Waals surface area contributed by atoms with Gasteiger partial charge in [-0.2, -0.15) is 0 Å². The van der Waals surface area contributed by atoms with E-state index in [4.69, 9.17) is 33.7 Å². The smallest absolute Gasteiger partial charge is 0.220 e. The second-order valence-electron chi connectivity index (χ2n) is 6.65. The average Bonchev–Trinajstić information content (AvgIpc) is 2.90. The van der Waals surface area contributed by atoms with E-state index in [1.54, 1.807) is 6.07 Å². The number of hydrogen-bond acceptors (Lipinski definition) is 5. The van der Waals surface area contributed by atoms with E-state index in [-0.39, 0.29) is 5.95 Å². The van der Waals surface area contributed by atoms with Crippen LogP contribution in [0.5, 0.6) is 5.75 Å². The van der Waals surface area contributed by atoms with Crippen LogP contribution in [0.1, 0.15) is 30.5 Å². The SMILES string of the molecule is CC1CCc2c(-c3cc(OCCN(C)C)c(Cl)cc3Cl)nc(N)nc21. The first kappa shape index (κ1) is 18.2. The lowest BCUT2D eigenvalue weighted by Crippen LogP contribution is -2.19. The summed E-state index contributed by atoms with van der Waals surface area (Å²) in [6.07, 6.45) is 1.96. The van der Waals surface area contributed by atoms with E-state index in [1.807, 2.05) is 25.1 Å². The number of rotatable bonds is 5. The topological polar surface area (TPSA) is 64.3 Å². The fourth-order valence-electron chi connectivity index (χ4n) is 3.05. The van der Waals surface area contributed by atoms with E-state index in [1.165, 1.54) is 0 Å². The maximum absolute atomic E-state index is 6.46. The summed E-state index contributed by atoms with van der Waals surface area (Å²) in [4.78, 5) is 10.9. The molecule has 0 amide bonds. The number of nitrogen functional groups attached to an aromatic ring is 1. The molecule has 2 N–H and O–H groups in total. The lowest BCUT2D eigenvalue weighted by Gasteiger charge is -2.15. The lowest BCUT2D eigenvalue weighted by molar-refractivity contribution is 0.261. The van der Waals surface area contributed by atoms with E-state index >= 15 is 0 Å². The van der Waals surface area contributed by atoms with E-state index in [0.717, 1.165) is 41.9 Å². The molecular weight excluding hydrogens is 359 g/mol. The molecule has 0 saturated heterocycles. The van der Waals surface area contributed by atoms with Crippen LogP contribution < -0.4 is 10.5 Å². The Balaban J connectivity index is 2.02. The number of halogens is 2. The van der Waals surface area contributed by atoms with Gasteiger partial charge in [0.2, 0.25) is 5.95 Å². The minimum atomic E-state index is 0.267. The van der Waals surface area contributed by atoms with Gasteiger partial charge in [-0.25, -0.2) is 9.97 Å². The second kappa shape index (κ2) is 7.36.